The Kier molecular flexibility index (Phi) is 3.05. The van der Waals surface area contributed by atoms with Crippen LogP contribution in [0.2, 0.25) is 5.02 Å². The van der Waals surface area contributed by atoms with E-state index in [0.29, 0.717) is 22.3 Å². The molecular formula is C15H7ClFN3. The minimum atomic E-state index is -0.405. The molecule has 96 valence electrons. The molecule has 0 radical (unpaired) electrons. The van der Waals surface area contributed by atoms with Gasteiger partial charge in [0.05, 0.1) is 21.8 Å². The summed E-state index contributed by atoms with van der Waals surface area (Å²) in [6, 6.07) is 11.4. The zero-order chi connectivity index (χ0) is 14.1. The summed E-state index contributed by atoms with van der Waals surface area (Å²) in [5, 5.41) is 10.1. The molecule has 20 heavy (non-hydrogen) atoms. The second-order valence-electron chi connectivity index (χ2n) is 4.14. The van der Waals surface area contributed by atoms with Crippen molar-refractivity contribution in [2.75, 3.05) is 0 Å². The van der Waals surface area contributed by atoms with Gasteiger partial charge in [-0.3, -0.25) is 4.98 Å². The molecule has 3 aromatic rings. The molecule has 0 fully saturated rings. The van der Waals surface area contributed by atoms with Gasteiger partial charge < -0.3 is 0 Å². The Balaban J connectivity index is 2.40. The van der Waals surface area contributed by atoms with E-state index in [1.807, 2.05) is 6.07 Å². The maximum atomic E-state index is 13.3. The predicted molar refractivity (Wildman–Crippen MR) is 74.7 cm³/mol. The highest BCUT2D eigenvalue weighted by molar-refractivity contribution is 6.37. The van der Waals surface area contributed by atoms with Crippen LogP contribution in [0.5, 0.6) is 0 Å². The molecular weight excluding hydrogens is 277 g/mol. The number of nitriles is 1. The van der Waals surface area contributed by atoms with E-state index in [1.54, 1.807) is 24.4 Å². The first-order valence-electron chi connectivity index (χ1n) is 5.81. The van der Waals surface area contributed by atoms with Gasteiger partial charge >= 0.3 is 0 Å². The number of nitrogens with zero attached hydrogens (tertiary/aromatic N) is 3. The molecule has 1 aromatic carbocycles. The molecule has 2 aromatic heterocycles. The van der Waals surface area contributed by atoms with Gasteiger partial charge in [0.15, 0.2) is 0 Å². The van der Waals surface area contributed by atoms with Crippen molar-refractivity contribution < 1.29 is 4.39 Å². The van der Waals surface area contributed by atoms with Crippen LogP contribution in [0.15, 0.2) is 42.6 Å². The molecule has 5 heteroatoms. The molecule has 0 N–H and O–H groups in total. The molecule has 0 aliphatic rings. The SMILES string of the molecule is N#Cc1c(-c2ccccn2)nc2cc(F)ccc2c1Cl. The summed E-state index contributed by atoms with van der Waals surface area (Å²) in [5.74, 6) is -0.405. The summed E-state index contributed by atoms with van der Waals surface area (Å²) in [4.78, 5) is 8.49. The first-order chi connectivity index (χ1) is 9.70. The molecule has 0 saturated heterocycles. The van der Waals surface area contributed by atoms with E-state index in [0.717, 1.165) is 0 Å². The van der Waals surface area contributed by atoms with Crippen molar-refractivity contribution in [3.05, 3.63) is 59.0 Å². The smallest absolute Gasteiger partial charge is 0.125 e. The van der Waals surface area contributed by atoms with Crippen molar-refractivity contribution in [1.82, 2.24) is 9.97 Å². The summed E-state index contributed by atoms with van der Waals surface area (Å²) in [5.41, 5.74) is 1.52. The topological polar surface area (TPSA) is 49.6 Å². The van der Waals surface area contributed by atoms with Gasteiger partial charge in [-0.05, 0) is 24.3 Å². The largest absolute Gasteiger partial charge is 0.255 e. The second-order valence-corrected chi connectivity index (χ2v) is 4.52. The number of halogens is 2. The van der Waals surface area contributed by atoms with Crippen LogP contribution in [-0.4, -0.2) is 9.97 Å². The maximum Gasteiger partial charge on any atom is 0.125 e. The third-order valence-electron chi connectivity index (χ3n) is 2.90. The van der Waals surface area contributed by atoms with Gasteiger partial charge in [-0.15, -0.1) is 0 Å². The van der Waals surface area contributed by atoms with E-state index >= 15 is 0 Å². The van der Waals surface area contributed by atoms with E-state index in [-0.39, 0.29) is 10.6 Å². The fourth-order valence-corrected chi connectivity index (χ4v) is 2.28. The summed E-state index contributed by atoms with van der Waals surface area (Å²) in [7, 11) is 0. The third kappa shape index (κ3) is 1.98. The van der Waals surface area contributed by atoms with Gasteiger partial charge in [-0.1, -0.05) is 17.7 Å². The number of benzene rings is 1. The first kappa shape index (κ1) is 12.5. The Labute approximate surface area is 119 Å². The lowest BCUT2D eigenvalue weighted by Crippen LogP contribution is -1.95. The van der Waals surface area contributed by atoms with Crippen molar-refractivity contribution >= 4 is 22.5 Å². The van der Waals surface area contributed by atoms with E-state index in [2.05, 4.69) is 9.97 Å². The molecule has 3 nitrogen and oxygen atoms in total. The average Bonchev–Trinajstić information content (AvgIpc) is 2.47. The lowest BCUT2D eigenvalue weighted by Gasteiger charge is -2.08. The fourth-order valence-electron chi connectivity index (χ4n) is 1.99. The summed E-state index contributed by atoms with van der Waals surface area (Å²) >= 11 is 6.24. The molecule has 0 aliphatic heterocycles. The van der Waals surface area contributed by atoms with Crippen molar-refractivity contribution in [2.45, 2.75) is 0 Å². The number of aromatic nitrogens is 2. The van der Waals surface area contributed by atoms with Crippen LogP contribution in [0.1, 0.15) is 5.56 Å². The monoisotopic (exact) mass is 283 g/mol. The molecule has 0 unspecified atom stereocenters. The van der Waals surface area contributed by atoms with E-state index in [1.165, 1.54) is 18.2 Å². The van der Waals surface area contributed by atoms with Crippen LogP contribution in [0.25, 0.3) is 22.3 Å². The number of fused-ring (bicyclic) bond motifs is 1. The second kappa shape index (κ2) is 4.87. The molecule has 0 atom stereocenters. The minimum Gasteiger partial charge on any atom is -0.255 e. The van der Waals surface area contributed by atoms with Crippen LogP contribution in [0.3, 0.4) is 0 Å². The average molecular weight is 284 g/mol. The number of pyridine rings is 2. The van der Waals surface area contributed by atoms with Gasteiger partial charge in [0, 0.05) is 17.6 Å². The predicted octanol–water partition coefficient (Wildman–Crippen LogP) is 3.96. The number of hydrogen-bond donors (Lipinski definition) is 0. The van der Waals surface area contributed by atoms with Gasteiger partial charge in [-0.2, -0.15) is 5.26 Å². The lowest BCUT2D eigenvalue weighted by molar-refractivity contribution is 0.629. The van der Waals surface area contributed by atoms with Crippen LogP contribution < -0.4 is 0 Å². The Morgan fingerprint density at radius 3 is 2.75 bits per heavy atom. The van der Waals surface area contributed by atoms with Gasteiger partial charge in [0.2, 0.25) is 0 Å². The number of rotatable bonds is 1. The first-order valence-corrected chi connectivity index (χ1v) is 6.19. The van der Waals surface area contributed by atoms with Crippen LogP contribution in [0.4, 0.5) is 4.39 Å². The molecule has 2 heterocycles. The minimum absolute atomic E-state index is 0.240. The summed E-state index contributed by atoms with van der Waals surface area (Å²) in [6.45, 7) is 0. The Morgan fingerprint density at radius 2 is 2.05 bits per heavy atom. The molecule has 0 spiro atoms. The highest BCUT2D eigenvalue weighted by Crippen LogP contribution is 2.32. The maximum absolute atomic E-state index is 13.3. The molecule has 0 saturated carbocycles. The van der Waals surface area contributed by atoms with Crippen LogP contribution >= 0.6 is 11.6 Å². The lowest BCUT2D eigenvalue weighted by atomic mass is 10.1. The molecule has 0 amide bonds. The summed E-state index contributed by atoms with van der Waals surface area (Å²) < 4.78 is 13.3. The van der Waals surface area contributed by atoms with Crippen LogP contribution in [0, 0.1) is 17.1 Å². The van der Waals surface area contributed by atoms with Crippen LogP contribution in [-0.2, 0) is 0 Å². The highest BCUT2D eigenvalue weighted by atomic mass is 35.5. The van der Waals surface area contributed by atoms with E-state index in [4.69, 9.17) is 11.6 Å². The van der Waals surface area contributed by atoms with Gasteiger partial charge in [-0.25, -0.2) is 9.37 Å². The van der Waals surface area contributed by atoms with E-state index in [9.17, 15) is 9.65 Å². The Morgan fingerprint density at radius 1 is 1.20 bits per heavy atom. The highest BCUT2D eigenvalue weighted by Gasteiger charge is 2.16. The van der Waals surface area contributed by atoms with Crippen molar-refractivity contribution in [3.63, 3.8) is 0 Å². The quantitative estimate of drug-likeness (QED) is 0.679. The zero-order valence-corrected chi connectivity index (χ0v) is 10.9. The summed E-state index contributed by atoms with van der Waals surface area (Å²) in [6.07, 6.45) is 1.60. The zero-order valence-electron chi connectivity index (χ0n) is 10.1. The standard InChI is InChI=1S/C15H7ClFN3/c16-14-10-5-4-9(17)7-13(10)20-15(11(14)8-18)12-3-1-2-6-19-12/h1-7H. The fraction of sp³-hybridized carbons (Fsp3) is 0. The Hall–Kier alpha value is -2.51. The normalized spacial score (nSPS) is 10.4. The molecule has 0 bridgehead atoms. The van der Waals surface area contributed by atoms with Gasteiger partial charge in [0.25, 0.3) is 0 Å². The van der Waals surface area contributed by atoms with Crippen molar-refractivity contribution in [1.29, 1.82) is 5.26 Å². The Bertz CT molecular complexity index is 841. The van der Waals surface area contributed by atoms with Crippen molar-refractivity contribution in [2.24, 2.45) is 0 Å². The van der Waals surface area contributed by atoms with Gasteiger partial charge in [0.1, 0.15) is 17.6 Å². The van der Waals surface area contributed by atoms with Crippen molar-refractivity contribution in [3.8, 4) is 17.5 Å². The molecule has 0 aliphatic carbocycles. The molecule has 3 rings (SSSR count). The van der Waals surface area contributed by atoms with E-state index < -0.39 is 5.82 Å². The number of hydrogen-bond acceptors (Lipinski definition) is 3. The third-order valence-corrected chi connectivity index (χ3v) is 3.30.